The molecule has 1 heterocycles. The molecule has 34 heavy (non-hydrogen) atoms. The first-order chi connectivity index (χ1) is 15.8. The third kappa shape index (κ3) is 5.35. The van der Waals surface area contributed by atoms with Crippen LogP contribution in [0.2, 0.25) is 0 Å². The smallest absolute Gasteiger partial charge is 0.325 e. The molecule has 2 aromatic carbocycles. The van der Waals surface area contributed by atoms with E-state index in [4.69, 9.17) is 0 Å². The SMILES string of the molecule is CC(C)CC(=O)Nc1ccc(C(=O)CN2C(=O)N[C@@](C)(c3ccc(C(C)(C)C)cc3)C2=O)cc1. The zero-order chi connectivity index (χ0) is 25.3. The van der Waals surface area contributed by atoms with Crippen molar-refractivity contribution in [2.75, 3.05) is 11.9 Å². The Kier molecular flexibility index (Phi) is 6.96. The van der Waals surface area contributed by atoms with Crippen molar-refractivity contribution in [1.29, 1.82) is 0 Å². The van der Waals surface area contributed by atoms with Crippen molar-refractivity contribution in [2.24, 2.45) is 5.92 Å². The van der Waals surface area contributed by atoms with Crippen molar-refractivity contribution < 1.29 is 19.2 Å². The van der Waals surface area contributed by atoms with Crippen LogP contribution < -0.4 is 10.6 Å². The van der Waals surface area contributed by atoms with Gasteiger partial charge in [-0.15, -0.1) is 0 Å². The van der Waals surface area contributed by atoms with Gasteiger partial charge in [0.1, 0.15) is 5.54 Å². The summed E-state index contributed by atoms with van der Waals surface area (Å²) < 4.78 is 0. The molecule has 0 aliphatic carbocycles. The molecule has 7 nitrogen and oxygen atoms in total. The van der Waals surface area contributed by atoms with E-state index in [1.165, 1.54) is 0 Å². The monoisotopic (exact) mass is 463 g/mol. The molecule has 0 spiro atoms. The topological polar surface area (TPSA) is 95.6 Å². The summed E-state index contributed by atoms with van der Waals surface area (Å²) in [5.74, 6) is -0.682. The summed E-state index contributed by atoms with van der Waals surface area (Å²) in [5.41, 5.74) is 1.45. The molecule has 0 saturated carbocycles. The lowest BCUT2D eigenvalue weighted by Gasteiger charge is -2.24. The summed E-state index contributed by atoms with van der Waals surface area (Å²) >= 11 is 0. The normalized spacial score (nSPS) is 18.3. The van der Waals surface area contributed by atoms with Gasteiger partial charge in [-0.3, -0.25) is 19.3 Å². The minimum atomic E-state index is -1.24. The number of hydrogen-bond donors (Lipinski definition) is 2. The molecule has 0 aromatic heterocycles. The van der Waals surface area contributed by atoms with Crippen molar-refractivity contribution >= 4 is 29.3 Å². The van der Waals surface area contributed by atoms with Crippen molar-refractivity contribution in [1.82, 2.24) is 10.2 Å². The van der Waals surface area contributed by atoms with Crippen LogP contribution in [0.4, 0.5) is 10.5 Å². The fourth-order valence-electron chi connectivity index (χ4n) is 3.90. The summed E-state index contributed by atoms with van der Waals surface area (Å²) in [7, 11) is 0. The van der Waals surface area contributed by atoms with E-state index in [1.807, 2.05) is 38.1 Å². The van der Waals surface area contributed by atoms with Crippen LogP contribution in [0, 0.1) is 5.92 Å². The van der Waals surface area contributed by atoms with Crippen LogP contribution in [0.25, 0.3) is 0 Å². The van der Waals surface area contributed by atoms with Crippen LogP contribution in [0.3, 0.4) is 0 Å². The highest BCUT2D eigenvalue weighted by Gasteiger charge is 2.49. The number of ketones is 1. The number of rotatable bonds is 7. The summed E-state index contributed by atoms with van der Waals surface area (Å²) in [6, 6.07) is 13.4. The Balaban J connectivity index is 1.70. The van der Waals surface area contributed by atoms with Gasteiger partial charge in [0.15, 0.2) is 5.78 Å². The third-order valence-corrected chi connectivity index (χ3v) is 5.99. The van der Waals surface area contributed by atoms with Gasteiger partial charge in [-0.25, -0.2) is 4.79 Å². The van der Waals surface area contributed by atoms with Gasteiger partial charge >= 0.3 is 6.03 Å². The molecule has 4 amide bonds. The van der Waals surface area contributed by atoms with Crippen LogP contribution in [-0.2, 0) is 20.5 Å². The molecule has 2 N–H and O–H groups in total. The Morgan fingerprint density at radius 1 is 1.00 bits per heavy atom. The second kappa shape index (κ2) is 9.41. The van der Waals surface area contributed by atoms with Gasteiger partial charge in [0.2, 0.25) is 5.91 Å². The van der Waals surface area contributed by atoms with Crippen molar-refractivity contribution in [3.05, 3.63) is 65.2 Å². The van der Waals surface area contributed by atoms with Gasteiger partial charge in [0.05, 0.1) is 6.54 Å². The fourth-order valence-corrected chi connectivity index (χ4v) is 3.90. The largest absolute Gasteiger partial charge is 0.326 e. The van der Waals surface area contributed by atoms with Crippen LogP contribution in [0.15, 0.2) is 48.5 Å². The first kappa shape index (κ1) is 25.1. The quantitative estimate of drug-likeness (QED) is 0.463. The average Bonchev–Trinajstić information content (AvgIpc) is 2.97. The molecule has 1 aliphatic heterocycles. The first-order valence-electron chi connectivity index (χ1n) is 11.5. The molecule has 1 fully saturated rings. The second-order valence-electron chi connectivity index (χ2n) is 10.4. The number of carbonyl (C=O) groups is 4. The molecule has 1 saturated heterocycles. The van der Waals surface area contributed by atoms with Gasteiger partial charge in [0, 0.05) is 17.7 Å². The van der Waals surface area contributed by atoms with E-state index in [2.05, 4.69) is 31.4 Å². The van der Waals surface area contributed by atoms with Gasteiger partial charge in [0.25, 0.3) is 5.91 Å². The Hall–Kier alpha value is -3.48. The lowest BCUT2D eigenvalue weighted by atomic mass is 9.84. The molecule has 2 aromatic rings. The molecular weight excluding hydrogens is 430 g/mol. The number of Topliss-reactive ketones (excluding diaryl/α,β-unsaturated/α-hetero) is 1. The average molecular weight is 464 g/mol. The minimum absolute atomic E-state index is 0.0341. The number of nitrogens with zero attached hydrogens (tertiary/aromatic N) is 1. The van der Waals surface area contributed by atoms with Gasteiger partial charge < -0.3 is 10.6 Å². The molecule has 0 radical (unpaired) electrons. The maximum Gasteiger partial charge on any atom is 0.325 e. The molecular formula is C27H33N3O4. The maximum atomic E-state index is 13.2. The van der Waals surface area contributed by atoms with Crippen LogP contribution in [0.1, 0.15) is 69.4 Å². The maximum absolute atomic E-state index is 13.2. The number of carbonyl (C=O) groups excluding carboxylic acids is 4. The summed E-state index contributed by atoms with van der Waals surface area (Å²) in [4.78, 5) is 51.5. The zero-order valence-electron chi connectivity index (χ0n) is 20.7. The highest BCUT2D eigenvalue weighted by Crippen LogP contribution is 2.31. The molecule has 1 atom stereocenters. The second-order valence-corrected chi connectivity index (χ2v) is 10.4. The molecule has 180 valence electrons. The number of benzene rings is 2. The molecule has 1 aliphatic rings. The van der Waals surface area contributed by atoms with E-state index in [0.717, 1.165) is 10.5 Å². The lowest BCUT2D eigenvalue weighted by molar-refractivity contribution is -0.130. The summed E-state index contributed by atoms with van der Waals surface area (Å²) in [5, 5.41) is 5.54. The summed E-state index contributed by atoms with van der Waals surface area (Å²) in [6.07, 6.45) is 0.407. The first-order valence-corrected chi connectivity index (χ1v) is 11.5. The van der Waals surface area contributed by atoms with Gasteiger partial charge in [-0.1, -0.05) is 58.9 Å². The van der Waals surface area contributed by atoms with E-state index in [-0.39, 0.29) is 29.6 Å². The van der Waals surface area contributed by atoms with E-state index in [0.29, 0.717) is 23.2 Å². The fraction of sp³-hybridized carbons (Fsp3) is 0.407. The Bertz CT molecular complexity index is 1100. The van der Waals surface area contributed by atoms with Crippen LogP contribution in [0.5, 0.6) is 0 Å². The minimum Gasteiger partial charge on any atom is -0.326 e. The predicted molar refractivity (Wildman–Crippen MR) is 132 cm³/mol. The number of imide groups is 1. The van der Waals surface area contributed by atoms with Crippen molar-refractivity contribution in [3.8, 4) is 0 Å². The highest BCUT2D eigenvalue weighted by molar-refractivity contribution is 6.11. The predicted octanol–water partition coefficient (Wildman–Crippen LogP) is 4.62. The Morgan fingerprint density at radius 2 is 1.59 bits per heavy atom. The molecule has 0 unspecified atom stereocenters. The lowest BCUT2D eigenvalue weighted by Crippen LogP contribution is -2.41. The zero-order valence-corrected chi connectivity index (χ0v) is 20.7. The number of urea groups is 1. The molecule has 0 bridgehead atoms. The molecule has 3 rings (SSSR count). The number of hydrogen-bond acceptors (Lipinski definition) is 4. The number of nitrogens with one attached hydrogen (secondary N) is 2. The highest BCUT2D eigenvalue weighted by atomic mass is 16.2. The summed E-state index contributed by atoms with van der Waals surface area (Å²) in [6.45, 7) is 11.5. The van der Waals surface area contributed by atoms with Crippen LogP contribution in [-0.4, -0.2) is 35.1 Å². The van der Waals surface area contributed by atoms with E-state index in [1.54, 1.807) is 31.2 Å². The van der Waals surface area contributed by atoms with Crippen LogP contribution >= 0.6 is 0 Å². The molecule has 7 heteroatoms. The standard InChI is InChI=1S/C27H33N3O4/c1-17(2)15-23(32)28-21-13-7-18(8-14-21)22(31)16-30-24(33)27(6,29-25(30)34)20-11-9-19(10-12-20)26(3,4)5/h7-14,17H,15-16H2,1-6H3,(H,28,32)(H,29,34)/t27-/m0/s1. The number of anilines is 1. The van der Waals surface area contributed by atoms with E-state index >= 15 is 0 Å². The van der Waals surface area contributed by atoms with E-state index in [9.17, 15) is 19.2 Å². The van der Waals surface area contributed by atoms with Crippen molar-refractivity contribution in [3.63, 3.8) is 0 Å². The van der Waals surface area contributed by atoms with Crippen molar-refractivity contribution in [2.45, 2.75) is 58.9 Å². The van der Waals surface area contributed by atoms with Gasteiger partial charge in [-0.05, 0) is 53.6 Å². The third-order valence-electron chi connectivity index (χ3n) is 5.99. The Labute approximate surface area is 200 Å². The van der Waals surface area contributed by atoms with Gasteiger partial charge in [-0.2, -0.15) is 0 Å². The number of amides is 4. The van der Waals surface area contributed by atoms with E-state index < -0.39 is 17.5 Å². The Morgan fingerprint density at radius 3 is 2.12 bits per heavy atom.